The largest absolute Gasteiger partial charge is 3.00 e. The second-order valence-electron chi connectivity index (χ2n) is 8.98. The van der Waals surface area contributed by atoms with Gasteiger partial charge in [0.15, 0.2) is 0 Å². The van der Waals surface area contributed by atoms with Gasteiger partial charge >= 0.3 is 32.2 Å². The maximum absolute atomic E-state index is 6.13. The molecule has 0 amide bonds. The molecule has 0 spiro atoms. The summed E-state index contributed by atoms with van der Waals surface area (Å²) in [4.78, 5) is 0. The Hall–Kier alpha value is -0.440. The van der Waals surface area contributed by atoms with Crippen molar-refractivity contribution in [2.75, 3.05) is 0 Å². The predicted octanol–water partition coefficient (Wildman–Crippen LogP) is 3.76. The van der Waals surface area contributed by atoms with Crippen LogP contribution < -0.4 is 24.8 Å². The fourth-order valence-corrected chi connectivity index (χ4v) is 7.16. The van der Waals surface area contributed by atoms with Crippen LogP contribution in [0.1, 0.15) is 47.9 Å². The minimum absolute atomic E-state index is 0. The maximum atomic E-state index is 6.13. The number of rotatable bonds is 7. The topological polar surface area (TPSA) is 0 Å². The molecule has 0 saturated carbocycles. The Balaban J connectivity index is 0.00000152. The van der Waals surface area contributed by atoms with Crippen LogP contribution in [0, 0.1) is 0 Å². The predicted molar refractivity (Wildman–Crippen MR) is 148 cm³/mol. The number of allylic oxidation sites excluding steroid dienone is 1. The molecule has 0 fully saturated rings. The summed E-state index contributed by atoms with van der Waals surface area (Å²) in [6.07, 6.45) is 5.39. The van der Waals surface area contributed by atoms with Gasteiger partial charge in [0.25, 0.3) is 0 Å². The summed E-state index contributed by atoms with van der Waals surface area (Å²) < 4.78 is 0. The minimum atomic E-state index is -2.56. The van der Waals surface area contributed by atoms with Crippen LogP contribution in [0.25, 0.3) is 28.0 Å². The van der Waals surface area contributed by atoms with Gasteiger partial charge < -0.3 is 24.8 Å². The molecule has 1 aliphatic carbocycles. The number of unbranched alkanes of at least 4 members (excludes halogenated alkanes) is 1. The first kappa shape index (κ1) is 31.8. The molecule has 1 unspecified atom stereocenters. The van der Waals surface area contributed by atoms with E-state index in [1.54, 1.807) is 0 Å². The molecule has 0 N–H and O–H groups in total. The molecule has 36 heavy (non-hydrogen) atoms. The third kappa shape index (κ3) is 6.76. The van der Waals surface area contributed by atoms with Gasteiger partial charge in [-0.05, 0) is 35.2 Å². The molecule has 4 aromatic rings. The molecule has 5 rings (SSSR count). The van der Waals surface area contributed by atoms with Gasteiger partial charge in [0.05, 0.1) is 0 Å². The molecular formula is C29H26Cl5SiZr. The van der Waals surface area contributed by atoms with Gasteiger partial charge in [0.2, 0.25) is 0 Å². The standard InChI is InChI=1S/C29H26Cl3Si.2ClH.Zr/c1-20-18-27-23(21-10-3-2-4-11-21)15-9-16-26(27)29(20)28-19-22-12-5-6-13-24(22)25(28)14-7-8-17-33(30,31)32;;;/h2-6,9-13,15-16,18-19,29H,7-8,14,17H2,1H3;2*1H;/q-1;;;+3/p-2. The van der Waals surface area contributed by atoms with Crippen LogP contribution >= 0.6 is 33.2 Å². The van der Waals surface area contributed by atoms with Gasteiger partial charge in [0.1, 0.15) is 0 Å². The molecule has 0 bridgehead atoms. The number of aryl methyl sites for hydroxylation is 1. The number of hydrogen-bond donors (Lipinski definition) is 0. The van der Waals surface area contributed by atoms with Crippen molar-refractivity contribution in [1.82, 2.24) is 0 Å². The Morgan fingerprint density at radius 2 is 1.53 bits per heavy atom. The van der Waals surface area contributed by atoms with Crippen molar-refractivity contribution in [1.29, 1.82) is 0 Å². The van der Waals surface area contributed by atoms with E-state index < -0.39 is 6.00 Å². The van der Waals surface area contributed by atoms with Crippen LogP contribution in [0.5, 0.6) is 0 Å². The number of benzene rings is 3. The SMILES string of the molecule is CC1=Cc2c(-c3ccccc3)cccc2C1c1[cH-]c2ccccc2c1CCCC[Si](Cl)(Cl)Cl.[Cl-].[Cl-].[Zr+3]. The minimum Gasteiger partial charge on any atom is -1.00 e. The molecule has 1 atom stereocenters. The van der Waals surface area contributed by atoms with Crippen LogP contribution in [0.2, 0.25) is 6.04 Å². The molecule has 0 heterocycles. The third-order valence-corrected chi connectivity index (χ3v) is 9.38. The Bertz CT molecular complexity index is 1320. The van der Waals surface area contributed by atoms with Crippen LogP contribution in [0.3, 0.4) is 0 Å². The quantitative estimate of drug-likeness (QED) is 0.122. The van der Waals surface area contributed by atoms with E-state index in [9.17, 15) is 0 Å². The van der Waals surface area contributed by atoms with Crippen molar-refractivity contribution in [3.8, 4) is 11.1 Å². The zero-order valence-electron chi connectivity index (χ0n) is 19.9. The summed E-state index contributed by atoms with van der Waals surface area (Å²) in [5, 5.41) is 2.68. The number of hydrogen-bond acceptors (Lipinski definition) is 0. The maximum Gasteiger partial charge on any atom is 3.00 e. The van der Waals surface area contributed by atoms with E-state index in [1.165, 1.54) is 49.7 Å². The first-order chi connectivity index (χ1) is 15.9. The van der Waals surface area contributed by atoms with Crippen molar-refractivity contribution in [3.05, 3.63) is 107 Å². The van der Waals surface area contributed by atoms with Crippen molar-refractivity contribution in [2.45, 2.75) is 38.1 Å². The Morgan fingerprint density at radius 1 is 0.833 bits per heavy atom. The monoisotopic (exact) mass is 667 g/mol. The van der Waals surface area contributed by atoms with E-state index in [0.29, 0.717) is 0 Å². The zero-order chi connectivity index (χ0) is 23.0. The first-order valence-electron chi connectivity index (χ1n) is 11.5. The van der Waals surface area contributed by atoms with Crippen molar-refractivity contribution in [2.24, 2.45) is 0 Å². The van der Waals surface area contributed by atoms with E-state index >= 15 is 0 Å². The number of halogens is 5. The molecule has 1 aliphatic rings. The average molecular weight is 671 g/mol. The average Bonchev–Trinajstić information content (AvgIpc) is 3.32. The second-order valence-corrected chi connectivity index (χ2v) is 18.3. The van der Waals surface area contributed by atoms with E-state index in [4.69, 9.17) is 33.2 Å². The summed E-state index contributed by atoms with van der Waals surface area (Å²) >= 11 is 18.4. The fraction of sp³-hybridized carbons (Fsp3) is 0.207. The van der Waals surface area contributed by atoms with E-state index in [1.807, 2.05) is 0 Å². The van der Waals surface area contributed by atoms with Gasteiger partial charge in [-0.15, -0.1) is 79.4 Å². The first-order valence-corrected chi connectivity index (χ1v) is 16.8. The van der Waals surface area contributed by atoms with E-state index in [-0.39, 0.29) is 56.9 Å². The van der Waals surface area contributed by atoms with Crippen molar-refractivity contribution < 1.29 is 51.0 Å². The normalized spacial score (nSPS) is 14.3. The molecule has 0 aromatic heterocycles. The molecule has 0 nitrogen and oxygen atoms in total. The summed E-state index contributed by atoms with van der Waals surface area (Å²) in [7, 11) is 0. The fourth-order valence-electron chi connectivity index (χ4n) is 5.31. The van der Waals surface area contributed by atoms with E-state index in [2.05, 4.69) is 91.9 Å². The van der Waals surface area contributed by atoms with Gasteiger partial charge in [-0.1, -0.05) is 85.5 Å². The molecule has 4 aromatic carbocycles. The summed E-state index contributed by atoms with van der Waals surface area (Å²) in [5.74, 6) is 0.286. The molecule has 185 valence electrons. The van der Waals surface area contributed by atoms with Crippen molar-refractivity contribution in [3.63, 3.8) is 0 Å². The molecule has 7 heteroatoms. The smallest absolute Gasteiger partial charge is 1.00 e. The van der Waals surface area contributed by atoms with Crippen LogP contribution in [-0.4, -0.2) is 6.00 Å². The summed E-state index contributed by atoms with van der Waals surface area (Å²) in [6, 6.07) is 26.7. The van der Waals surface area contributed by atoms with Crippen molar-refractivity contribution >= 4 is 56.1 Å². The van der Waals surface area contributed by atoms with Gasteiger partial charge in [-0.3, -0.25) is 0 Å². The molecular weight excluding hydrogens is 645 g/mol. The number of fused-ring (bicyclic) bond motifs is 2. The second kappa shape index (κ2) is 13.6. The Morgan fingerprint density at radius 3 is 2.25 bits per heavy atom. The summed E-state index contributed by atoms with van der Waals surface area (Å²) in [5.41, 5.74) is 9.61. The summed E-state index contributed by atoms with van der Waals surface area (Å²) in [6.45, 7) is 2.27. The third-order valence-electron chi connectivity index (χ3n) is 6.76. The zero-order valence-corrected chi connectivity index (χ0v) is 27.1. The molecule has 1 radical (unpaired) electrons. The van der Waals surface area contributed by atoms with Gasteiger partial charge in [-0.25, -0.2) is 0 Å². The molecule has 0 aliphatic heterocycles. The van der Waals surface area contributed by atoms with Crippen LogP contribution in [0.15, 0.2) is 84.4 Å². The van der Waals surface area contributed by atoms with Crippen LogP contribution in [-0.2, 0) is 32.6 Å². The van der Waals surface area contributed by atoms with E-state index in [0.717, 1.165) is 25.3 Å². The Labute approximate surface area is 260 Å². The van der Waals surface area contributed by atoms with Gasteiger partial charge in [0, 0.05) is 5.92 Å². The Kier molecular flexibility index (Phi) is 12.0. The van der Waals surface area contributed by atoms with Crippen LogP contribution in [0.4, 0.5) is 0 Å². The van der Waals surface area contributed by atoms with Gasteiger partial charge in [-0.2, -0.15) is 0 Å². The molecule has 0 saturated heterocycles.